The van der Waals surface area contributed by atoms with Crippen LogP contribution in [0.15, 0.2) is 24.3 Å². The van der Waals surface area contributed by atoms with Crippen LogP contribution in [-0.2, 0) is 13.0 Å². The van der Waals surface area contributed by atoms with E-state index in [4.69, 9.17) is 0 Å². The predicted octanol–water partition coefficient (Wildman–Crippen LogP) is 2.13. The number of nitrogens with one attached hydrogen (secondary N) is 1. The Labute approximate surface area is 101 Å². The Morgan fingerprint density at radius 2 is 2.18 bits per heavy atom. The second-order valence-electron chi connectivity index (χ2n) is 4.68. The second kappa shape index (κ2) is 4.00. The number of nitrogens with zero attached hydrogens (tertiary/aromatic N) is 2. The zero-order valence-electron chi connectivity index (χ0n) is 10.3. The molecule has 3 rings (SSSR count). The Kier molecular flexibility index (Phi) is 2.48. The fourth-order valence-electron chi connectivity index (χ4n) is 2.57. The minimum atomic E-state index is 0.948. The van der Waals surface area contributed by atoms with Gasteiger partial charge < -0.3 is 5.32 Å². The first-order valence-corrected chi connectivity index (χ1v) is 6.11. The molecule has 1 aliphatic heterocycles. The first-order chi connectivity index (χ1) is 8.25. The van der Waals surface area contributed by atoms with Crippen molar-refractivity contribution in [2.75, 3.05) is 6.54 Å². The fraction of sp³-hybridized carbons (Fsp3) is 0.357. The van der Waals surface area contributed by atoms with Gasteiger partial charge in [0.1, 0.15) is 0 Å². The zero-order chi connectivity index (χ0) is 11.8. The molecule has 1 N–H and O–H groups in total. The lowest BCUT2D eigenvalue weighted by Crippen LogP contribution is -2.25. The zero-order valence-corrected chi connectivity index (χ0v) is 10.3. The van der Waals surface area contributed by atoms with Crippen molar-refractivity contribution in [2.24, 2.45) is 0 Å². The van der Waals surface area contributed by atoms with E-state index >= 15 is 0 Å². The molecule has 17 heavy (non-hydrogen) atoms. The summed E-state index contributed by atoms with van der Waals surface area (Å²) >= 11 is 0. The van der Waals surface area contributed by atoms with Crippen molar-refractivity contribution in [3.05, 3.63) is 46.8 Å². The van der Waals surface area contributed by atoms with Gasteiger partial charge in [0.25, 0.3) is 0 Å². The molecule has 0 aliphatic carbocycles. The molecule has 0 bridgehead atoms. The van der Waals surface area contributed by atoms with E-state index in [1.165, 1.54) is 22.5 Å². The van der Waals surface area contributed by atoms with Crippen LogP contribution in [0.3, 0.4) is 0 Å². The summed E-state index contributed by atoms with van der Waals surface area (Å²) in [5.41, 5.74) is 6.34. The number of aryl methyl sites for hydroxylation is 2. The molecule has 0 saturated heterocycles. The van der Waals surface area contributed by atoms with Crippen LogP contribution in [0.2, 0.25) is 0 Å². The van der Waals surface area contributed by atoms with Gasteiger partial charge in [0.15, 0.2) is 0 Å². The van der Waals surface area contributed by atoms with Crippen molar-refractivity contribution >= 4 is 0 Å². The highest BCUT2D eigenvalue weighted by Crippen LogP contribution is 2.23. The van der Waals surface area contributed by atoms with Crippen molar-refractivity contribution in [3.63, 3.8) is 0 Å². The van der Waals surface area contributed by atoms with Gasteiger partial charge in [0.05, 0.1) is 11.4 Å². The van der Waals surface area contributed by atoms with Crippen LogP contribution in [0.25, 0.3) is 5.69 Å². The lowest BCUT2D eigenvalue weighted by Gasteiger charge is -2.20. The first kappa shape index (κ1) is 10.5. The van der Waals surface area contributed by atoms with Crippen molar-refractivity contribution in [2.45, 2.75) is 26.8 Å². The van der Waals surface area contributed by atoms with E-state index in [2.05, 4.69) is 46.3 Å². The molecule has 1 aromatic carbocycles. The number of hydrogen-bond donors (Lipinski definition) is 1. The van der Waals surface area contributed by atoms with Gasteiger partial charge >= 0.3 is 0 Å². The number of hydrogen-bond acceptors (Lipinski definition) is 2. The Hall–Kier alpha value is -1.61. The molecule has 0 spiro atoms. The van der Waals surface area contributed by atoms with E-state index in [1.54, 1.807) is 0 Å². The third-order valence-corrected chi connectivity index (χ3v) is 3.36. The Morgan fingerprint density at radius 1 is 1.29 bits per heavy atom. The second-order valence-corrected chi connectivity index (χ2v) is 4.68. The van der Waals surface area contributed by atoms with Gasteiger partial charge in [-0.15, -0.1) is 0 Å². The van der Waals surface area contributed by atoms with Gasteiger partial charge in [-0.25, -0.2) is 4.68 Å². The van der Waals surface area contributed by atoms with Gasteiger partial charge in [-0.3, -0.25) is 0 Å². The summed E-state index contributed by atoms with van der Waals surface area (Å²) in [4.78, 5) is 0. The monoisotopic (exact) mass is 227 g/mol. The van der Waals surface area contributed by atoms with Crippen LogP contribution in [0.1, 0.15) is 22.5 Å². The quantitative estimate of drug-likeness (QED) is 0.809. The standard InChI is InChI=1S/C14H17N3/c1-10-8-11(2)17(16-10)14-5-3-4-12-6-7-15-9-13(12)14/h3-5,8,15H,6-7,9H2,1-2H3. The fourth-order valence-corrected chi connectivity index (χ4v) is 2.57. The number of rotatable bonds is 1. The van der Waals surface area contributed by atoms with Gasteiger partial charge in [0, 0.05) is 12.2 Å². The molecule has 0 amide bonds. The lowest BCUT2D eigenvalue weighted by atomic mass is 9.99. The summed E-state index contributed by atoms with van der Waals surface area (Å²) in [6.45, 7) is 6.17. The van der Waals surface area contributed by atoms with E-state index in [1.807, 2.05) is 6.92 Å². The third-order valence-electron chi connectivity index (χ3n) is 3.36. The van der Waals surface area contributed by atoms with E-state index < -0.39 is 0 Å². The predicted molar refractivity (Wildman–Crippen MR) is 68.4 cm³/mol. The van der Waals surface area contributed by atoms with Gasteiger partial charge in [0.2, 0.25) is 0 Å². The van der Waals surface area contributed by atoms with Gasteiger partial charge in [-0.1, -0.05) is 12.1 Å². The smallest absolute Gasteiger partial charge is 0.0696 e. The molecule has 2 aromatic rings. The third kappa shape index (κ3) is 1.76. The molecular formula is C14H17N3. The highest BCUT2D eigenvalue weighted by molar-refractivity contribution is 5.47. The summed E-state index contributed by atoms with van der Waals surface area (Å²) in [7, 11) is 0. The molecular weight excluding hydrogens is 210 g/mol. The Morgan fingerprint density at radius 3 is 2.94 bits per heavy atom. The molecule has 0 radical (unpaired) electrons. The minimum Gasteiger partial charge on any atom is -0.312 e. The van der Waals surface area contributed by atoms with Crippen LogP contribution in [0, 0.1) is 13.8 Å². The molecule has 88 valence electrons. The summed E-state index contributed by atoms with van der Waals surface area (Å²) < 4.78 is 2.06. The van der Waals surface area contributed by atoms with E-state index in [0.29, 0.717) is 0 Å². The van der Waals surface area contributed by atoms with Crippen molar-refractivity contribution in [1.29, 1.82) is 0 Å². The molecule has 3 nitrogen and oxygen atoms in total. The maximum absolute atomic E-state index is 4.58. The highest BCUT2D eigenvalue weighted by Gasteiger charge is 2.15. The Balaban J connectivity index is 2.17. The van der Waals surface area contributed by atoms with Crippen LogP contribution in [-0.4, -0.2) is 16.3 Å². The molecule has 3 heteroatoms. The maximum atomic E-state index is 4.58. The topological polar surface area (TPSA) is 29.9 Å². The first-order valence-electron chi connectivity index (χ1n) is 6.11. The van der Waals surface area contributed by atoms with Gasteiger partial charge in [-0.05, 0) is 50.1 Å². The summed E-state index contributed by atoms with van der Waals surface area (Å²) in [5, 5.41) is 8.01. The molecule has 1 aromatic heterocycles. The molecule has 0 saturated carbocycles. The van der Waals surface area contributed by atoms with Crippen molar-refractivity contribution < 1.29 is 0 Å². The molecule has 0 atom stereocenters. The SMILES string of the molecule is Cc1cc(C)n(-c2cccc3c2CNCC3)n1. The highest BCUT2D eigenvalue weighted by atomic mass is 15.3. The van der Waals surface area contributed by atoms with E-state index in [0.717, 1.165) is 25.2 Å². The number of aromatic nitrogens is 2. The number of fused-ring (bicyclic) bond motifs is 1. The molecule has 1 aliphatic rings. The normalized spacial score (nSPS) is 14.7. The maximum Gasteiger partial charge on any atom is 0.0696 e. The molecule has 0 fully saturated rings. The molecule has 2 heterocycles. The van der Waals surface area contributed by atoms with Crippen LogP contribution in [0.5, 0.6) is 0 Å². The molecule has 0 unspecified atom stereocenters. The van der Waals surface area contributed by atoms with Gasteiger partial charge in [-0.2, -0.15) is 5.10 Å². The summed E-state index contributed by atoms with van der Waals surface area (Å²) in [6, 6.07) is 8.64. The largest absolute Gasteiger partial charge is 0.312 e. The van der Waals surface area contributed by atoms with Crippen molar-refractivity contribution in [1.82, 2.24) is 15.1 Å². The Bertz CT molecular complexity index is 555. The van der Waals surface area contributed by atoms with Crippen LogP contribution in [0.4, 0.5) is 0 Å². The van der Waals surface area contributed by atoms with Crippen LogP contribution >= 0.6 is 0 Å². The lowest BCUT2D eigenvalue weighted by molar-refractivity contribution is 0.635. The average Bonchev–Trinajstić information content (AvgIpc) is 2.68. The average molecular weight is 227 g/mol. The summed E-state index contributed by atoms with van der Waals surface area (Å²) in [6.07, 6.45) is 1.11. The minimum absolute atomic E-state index is 0.948. The van der Waals surface area contributed by atoms with E-state index in [-0.39, 0.29) is 0 Å². The number of benzene rings is 1. The van der Waals surface area contributed by atoms with Crippen molar-refractivity contribution in [3.8, 4) is 5.69 Å². The van der Waals surface area contributed by atoms with Crippen LogP contribution < -0.4 is 5.32 Å². The van der Waals surface area contributed by atoms with E-state index in [9.17, 15) is 0 Å². The summed E-state index contributed by atoms with van der Waals surface area (Å²) in [5.74, 6) is 0.